The molecule has 1 heterocycles. The molecule has 1 aliphatic heterocycles. The first-order valence-corrected chi connectivity index (χ1v) is 5.89. The Morgan fingerprint density at radius 1 is 1.43 bits per heavy atom. The molecule has 14 heavy (non-hydrogen) atoms. The van der Waals surface area contributed by atoms with Crippen molar-refractivity contribution in [3.8, 4) is 0 Å². The van der Waals surface area contributed by atoms with Crippen molar-refractivity contribution in [2.75, 3.05) is 13.1 Å². The van der Waals surface area contributed by atoms with Gasteiger partial charge in [-0.25, -0.2) is 0 Å². The molecule has 3 heteroatoms. The van der Waals surface area contributed by atoms with Gasteiger partial charge in [-0.3, -0.25) is 4.79 Å². The highest BCUT2D eigenvalue weighted by molar-refractivity contribution is 7.81. The van der Waals surface area contributed by atoms with Crippen LogP contribution in [0.3, 0.4) is 0 Å². The average molecular weight is 217 g/mol. The van der Waals surface area contributed by atoms with Crippen molar-refractivity contribution in [3.63, 3.8) is 0 Å². The fraction of sp³-hybridized carbons (Fsp3) is 0.909. The second-order valence-corrected chi connectivity index (χ2v) is 5.25. The molecule has 0 bridgehead atoms. The van der Waals surface area contributed by atoms with Gasteiger partial charge in [0, 0.05) is 13.1 Å². The van der Waals surface area contributed by atoms with Crippen LogP contribution in [0.4, 0.5) is 0 Å². The van der Waals surface area contributed by atoms with Crippen molar-refractivity contribution in [2.45, 2.75) is 46.3 Å². The summed E-state index contributed by atoms with van der Waals surface area (Å²) in [6.07, 6.45) is 0.901. The van der Waals surface area contributed by atoms with E-state index >= 15 is 0 Å². The Hall–Kier alpha value is -0.180. The molecule has 1 aliphatic rings. The van der Waals surface area contributed by atoms with Crippen molar-refractivity contribution in [1.82, 2.24) is 4.90 Å². The quantitative estimate of drug-likeness (QED) is 0.669. The first-order valence-electron chi connectivity index (χ1n) is 5.37. The molecule has 0 saturated carbocycles. The smallest absolute Gasteiger partial charge is 0.235 e. The van der Waals surface area contributed by atoms with Crippen molar-refractivity contribution >= 4 is 18.5 Å². The summed E-state index contributed by atoms with van der Waals surface area (Å²) in [6.45, 7) is 12.2. The maximum Gasteiger partial charge on any atom is 0.235 e. The third-order valence-electron chi connectivity index (χ3n) is 1.93. The molecule has 2 nitrogen and oxygen atoms in total. The van der Waals surface area contributed by atoms with Crippen LogP contribution in [0.5, 0.6) is 0 Å². The van der Waals surface area contributed by atoms with E-state index in [1.807, 2.05) is 18.7 Å². The Kier molecular flexibility index (Phi) is 5.57. The number of likely N-dealkylation sites (tertiary alicyclic amines) is 1. The molecule has 84 valence electrons. The van der Waals surface area contributed by atoms with Crippen LogP contribution < -0.4 is 0 Å². The second-order valence-electron chi connectivity index (χ2n) is 4.62. The largest absolute Gasteiger partial charge is 0.341 e. The van der Waals surface area contributed by atoms with Crippen LogP contribution in [0.1, 0.15) is 41.0 Å². The van der Waals surface area contributed by atoms with Gasteiger partial charge in [-0.2, -0.15) is 12.6 Å². The Labute approximate surface area is 93.5 Å². The first kappa shape index (κ1) is 13.8. The van der Waals surface area contributed by atoms with Gasteiger partial charge in [0.1, 0.15) is 0 Å². The molecular formula is C11H23NOS. The summed E-state index contributed by atoms with van der Waals surface area (Å²) in [7, 11) is 0. The van der Waals surface area contributed by atoms with E-state index in [0.29, 0.717) is 0 Å². The van der Waals surface area contributed by atoms with Gasteiger partial charge < -0.3 is 4.90 Å². The number of hydrogen-bond acceptors (Lipinski definition) is 2. The van der Waals surface area contributed by atoms with E-state index in [1.54, 1.807) is 0 Å². The highest BCUT2D eigenvalue weighted by atomic mass is 32.1. The second kappa shape index (κ2) is 5.64. The third kappa shape index (κ3) is 4.36. The standard InChI is InChI=1S/C9H17NOS.C2H6/c1-9(2,3)6-10-5-4-7(12)8(10)11;1-2/h7,12H,4-6H2,1-3H3;1-2H3. The monoisotopic (exact) mass is 217 g/mol. The summed E-state index contributed by atoms with van der Waals surface area (Å²) in [6, 6.07) is 0. The fourth-order valence-electron chi connectivity index (χ4n) is 1.45. The molecule has 0 aromatic rings. The Bertz CT molecular complexity index is 186. The van der Waals surface area contributed by atoms with Crippen molar-refractivity contribution in [1.29, 1.82) is 0 Å². The van der Waals surface area contributed by atoms with Crippen LogP contribution in [-0.4, -0.2) is 29.1 Å². The van der Waals surface area contributed by atoms with E-state index in [0.717, 1.165) is 19.5 Å². The Morgan fingerprint density at radius 2 is 1.93 bits per heavy atom. The van der Waals surface area contributed by atoms with E-state index < -0.39 is 0 Å². The molecule has 1 saturated heterocycles. The molecule has 0 aliphatic carbocycles. The maximum absolute atomic E-state index is 11.4. The number of thiol groups is 1. The maximum atomic E-state index is 11.4. The lowest BCUT2D eigenvalue weighted by Gasteiger charge is -2.26. The van der Waals surface area contributed by atoms with Gasteiger partial charge in [0.25, 0.3) is 0 Å². The minimum absolute atomic E-state index is 0.0488. The van der Waals surface area contributed by atoms with Gasteiger partial charge in [-0.1, -0.05) is 34.6 Å². The van der Waals surface area contributed by atoms with Crippen LogP contribution in [0.25, 0.3) is 0 Å². The zero-order chi connectivity index (χ0) is 11.4. The lowest BCUT2D eigenvalue weighted by Crippen LogP contribution is -2.35. The molecule has 1 fully saturated rings. The number of rotatable bonds is 1. The first-order chi connectivity index (χ1) is 6.40. The SMILES string of the molecule is CC.CC(C)(C)CN1CCC(S)C1=O. The molecule has 0 N–H and O–H groups in total. The van der Waals surface area contributed by atoms with Gasteiger partial charge in [0.05, 0.1) is 5.25 Å². The molecular weight excluding hydrogens is 194 g/mol. The van der Waals surface area contributed by atoms with E-state index in [-0.39, 0.29) is 16.6 Å². The minimum Gasteiger partial charge on any atom is -0.341 e. The van der Waals surface area contributed by atoms with E-state index in [2.05, 4.69) is 33.4 Å². The number of hydrogen-bond donors (Lipinski definition) is 1. The van der Waals surface area contributed by atoms with Crippen molar-refractivity contribution < 1.29 is 4.79 Å². The van der Waals surface area contributed by atoms with Gasteiger partial charge in [-0.15, -0.1) is 0 Å². The van der Waals surface area contributed by atoms with Crippen LogP contribution in [0, 0.1) is 5.41 Å². The van der Waals surface area contributed by atoms with E-state index in [9.17, 15) is 4.79 Å². The summed E-state index contributed by atoms with van der Waals surface area (Å²) in [4.78, 5) is 13.3. The number of carbonyl (C=O) groups excluding carboxylic acids is 1. The summed E-state index contributed by atoms with van der Waals surface area (Å²) >= 11 is 4.21. The summed E-state index contributed by atoms with van der Waals surface area (Å²) < 4.78 is 0. The van der Waals surface area contributed by atoms with Crippen LogP contribution in [0.2, 0.25) is 0 Å². The van der Waals surface area contributed by atoms with Crippen LogP contribution in [0.15, 0.2) is 0 Å². The predicted molar refractivity (Wildman–Crippen MR) is 64.8 cm³/mol. The summed E-state index contributed by atoms with van der Waals surface area (Å²) in [5.41, 5.74) is 0.202. The van der Waals surface area contributed by atoms with Gasteiger partial charge in [0.15, 0.2) is 0 Å². The Balaban J connectivity index is 0.000000791. The fourth-order valence-corrected chi connectivity index (χ4v) is 1.73. The van der Waals surface area contributed by atoms with Gasteiger partial charge in [-0.05, 0) is 11.8 Å². The molecule has 1 unspecified atom stereocenters. The lowest BCUT2D eigenvalue weighted by molar-refractivity contribution is -0.128. The normalized spacial score (nSPS) is 22.0. The highest BCUT2D eigenvalue weighted by Crippen LogP contribution is 2.22. The Morgan fingerprint density at radius 3 is 2.21 bits per heavy atom. The lowest BCUT2D eigenvalue weighted by atomic mass is 9.96. The molecule has 1 rings (SSSR count). The predicted octanol–water partition coefficient (Wildman–Crippen LogP) is 2.59. The van der Waals surface area contributed by atoms with Crippen molar-refractivity contribution in [3.05, 3.63) is 0 Å². The number of carbonyl (C=O) groups is 1. The number of nitrogens with zero attached hydrogens (tertiary/aromatic N) is 1. The molecule has 0 aromatic carbocycles. The molecule has 0 aromatic heterocycles. The molecule has 1 atom stereocenters. The van der Waals surface area contributed by atoms with Crippen LogP contribution in [-0.2, 0) is 4.79 Å². The zero-order valence-electron chi connectivity index (χ0n) is 10.0. The average Bonchev–Trinajstić information content (AvgIpc) is 2.38. The topological polar surface area (TPSA) is 20.3 Å². The summed E-state index contributed by atoms with van der Waals surface area (Å²) in [5.74, 6) is 0.202. The van der Waals surface area contributed by atoms with E-state index in [1.165, 1.54) is 0 Å². The van der Waals surface area contributed by atoms with E-state index in [4.69, 9.17) is 0 Å². The number of amides is 1. The molecule has 0 spiro atoms. The van der Waals surface area contributed by atoms with Gasteiger partial charge >= 0.3 is 0 Å². The van der Waals surface area contributed by atoms with Crippen molar-refractivity contribution in [2.24, 2.45) is 5.41 Å². The highest BCUT2D eigenvalue weighted by Gasteiger charge is 2.30. The molecule has 1 amide bonds. The minimum atomic E-state index is -0.0488. The third-order valence-corrected chi connectivity index (χ3v) is 2.41. The van der Waals surface area contributed by atoms with Gasteiger partial charge in [0.2, 0.25) is 5.91 Å². The van der Waals surface area contributed by atoms with Crippen LogP contribution >= 0.6 is 12.6 Å². The summed E-state index contributed by atoms with van der Waals surface area (Å²) in [5, 5.41) is -0.0488. The zero-order valence-corrected chi connectivity index (χ0v) is 10.9. The molecule has 0 radical (unpaired) electrons.